The topological polar surface area (TPSA) is 140 Å². The van der Waals surface area contributed by atoms with Crippen molar-refractivity contribution in [3.8, 4) is 0 Å². The van der Waals surface area contributed by atoms with Gasteiger partial charge in [0.25, 0.3) is 11.8 Å². The number of aromatic nitrogens is 1. The van der Waals surface area contributed by atoms with Crippen molar-refractivity contribution >= 4 is 29.5 Å². The van der Waals surface area contributed by atoms with E-state index in [1.54, 1.807) is 37.3 Å². The van der Waals surface area contributed by atoms with Crippen LogP contribution in [0.15, 0.2) is 46.0 Å². The Bertz CT molecular complexity index is 972. The molecule has 0 saturated heterocycles. The van der Waals surface area contributed by atoms with Crippen LogP contribution in [0.5, 0.6) is 0 Å². The Kier molecular flexibility index (Phi) is 9.49. The average molecular weight is 492 g/mol. The van der Waals surface area contributed by atoms with E-state index >= 15 is 0 Å². The first-order chi connectivity index (χ1) is 16.4. The number of methoxy groups -OCH3 is 1. The highest BCUT2D eigenvalue weighted by atomic mass is 32.2. The van der Waals surface area contributed by atoms with E-state index in [9.17, 15) is 19.5 Å². The van der Waals surface area contributed by atoms with Crippen LogP contribution < -0.4 is 10.6 Å². The van der Waals surface area contributed by atoms with Gasteiger partial charge in [0.05, 0.1) is 23.5 Å². The highest BCUT2D eigenvalue weighted by Crippen LogP contribution is 2.22. The van der Waals surface area contributed by atoms with Crippen LogP contribution in [-0.4, -0.2) is 71.6 Å². The van der Waals surface area contributed by atoms with Crippen molar-refractivity contribution in [2.75, 3.05) is 19.4 Å². The molecule has 0 aliphatic carbocycles. The van der Waals surface area contributed by atoms with Gasteiger partial charge < -0.3 is 29.6 Å². The van der Waals surface area contributed by atoms with Gasteiger partial charge in [0, 0.05) is 32.2 Å². The summed E-state index contributed by atoms with van der Waals surface area (Å²) in [4.78, 5) is 42.5. The van der Waals surface area contributed by atoms with Crippen LogP contribution in [0.3, 0.4) is 0 Å². The molecule has 2 amide bonds. The number of aliphatic hydroxyl groups excluding tert-OH is 1. The molecule has 4 atom stereocenters. The molecule has 0 spiro atoms. The molecule has 0 unspecified atom stereocenters. The number of amides is 2. The highest BCUT2D eigenvalue weighted by molar-refractivity contribution is 8.04. The molecule has 34 heavy (non-hydrogen) atoms. The zero-order valence-electron chi connectivity index (χ0n) is 19.1. The molecule has 1 aromatic heterocycles. The lowest BCUT2D eigenvalue weighted by atomic mass is 10.1. The van der Waals surface area contributed by atoms with Gasteiger partial charge in [-0.15, -0.1) is 11.8 Å². The predicted molar refractivity (Wildman–Crippen MR) is 125 cm³/mol. The molecular weight excluding hydrogens is 462 g/mol. The average Bonchev–Trinajstić information content (AvgIpc) is 3.28. The second-order valence-electron chi connectivity index (χ2n) is 7.91. The van der Waals surface area contributed by atoms with Crippen LogP contribution >= 0.6 is 11.8 Å². The van der Waals surface area contributed by atoms with Crippen molar-refractivity contribution in [2.45, 2.75) is 50.5 Å². The smallest absolute Gasteiger partial charge is 0.329 e. The number of thioether (sulfide) groups is 1. The normalized spacial score (nSPS) is 27.5. The second-order valence-corrected chi connectivity index (χ2v) is 8.97. The number of hydrogen-bond donors (Lipinski definition) is 3. The lowest BCUT2D eigenvalue weighted by Gasteiger charge is -2.18. The maximum Gasteiger partial charge on any atom is 0.329 e. The number of cyclic esters (lactones) is 1. The fourth-order valence-electron chi connectivity index (χ4n) is 3.28. The van der Waals surface area contributed by atoms with Gasteiger partial charge in [-0.05, 0) is 6.92 Å². The summed E-state index contributed by atoms with van der Waals surface area (Å²) in [7, 11) is 1.54. The largest absolute Gasteiger partial charge is 0.461 e. The number of fused-ring (bicyclic) bond motifs is 5. The Hall–Kier alpha value is -2.89. The van der Waals surface area contributed by atoms with Gasteiger partial charge >= 0.3 is 5.97 Å². The number of rotatable bonds is 1. The number of hydrogen-bond acceptors (Lipinski definition) is 9. The Balaban J connectivity index is 1.84. The number of esters is 1. The summed E-state index contributed by atoms with van der Waals surface area (Å²) in [5.74, 6) is -1.20. The molecule has 4 bridgehead atoms. The number of allylic oxidation sites excluding steroid dienone is 2. The second kappa shape index (κ2) is 12.5. The standard InChI is InChI=1S/C23H29N3O7S/c1-14-7-8-19-22(29)24-9-5-3-4-6-16(31-2)10-15(27)11-20-25-17(12-32-20)21(28)26-18(13-34-19)23(30)33-14/h3-6,8,12,14-16,18,27H,7,9-11,13H2,1-2H3,(H,24,29)(H,26,28)/t14-,15-,16-,18-/m1/s1. The van der Waals surface area contributed by atoms with Crippen molar-refractivity contribution in [3.05, 3.63) is 53.1 Å². The molecule has 10 nitrogen and oxygen atoms in total. The van der Waals surface area contributed by atoms with Crippen molar-refractivity contribution in [2.24, 2.45) is 0 Å². The van der Waals surface area contributed by atoms with E-state index in [4.69, 9.17) is 13.9 Å². The van der Waals surface area contributed by atoms with E-state index in [2.05, 4.69) is 15.6 Å². The molecule has 0 fully saturated rings. The SMILES string of the molecule is CO[C@@H]1C=CC=CCNC(=O)C2=CC[C@@H](C)OC(=O)[C@@H](CS2)NC(=O)c2coc(n2)C[C@H](O)C1. The van der Waals surface area contributed by atoms with Gasteiger partial charge in [0.1, 0.15) is 18.4 Å². The Labute approximate surface area is 201 Å². The van der Waals surface area contributed by atoms with E-state index < -0.39 is 30.1 Å². The molecule has 11 heteroatoms. The molecule has 0 aromatic carbocycles. The van der Waals surface area contributed by atoms with Crippen molar-refractivity contribution in [3.63, 3.8) is 0 Å². The van der Waals surface area contributed by atoms with E-state index in [0.29, 0.717) is 24.3 Å². The Morgan fingerprint density at radius 1 is 1.24 bits per heavy atom. The van der Waals surface area contributed by atoms with Crippen LogP contribution in [-0.2, 0) is 25.5 Å². The number of carbonyl (C=O) groups excluding carboxylic acids is 3. The quantitative estimate of drug-likeness (QED) is 0.496. The molecule has 184 valence electrons. The first-order valence-corrected chi connectivity index (χ1v) is 12.0. The summed E-state index contributed by atoms with van der Waals surface area (Å²) in [6.07, 6.45) is 9.17. The molecule has 0 saturated carbocycles. The van der Waals surface area contributed by atoms with Gasteiger partial charge in [0.15, 0.2) is 11.6 Å². The molecule has 3 rings (SSSR count). The molecule has 3 N–H and O–H groups in total. The van der Waals surface area contributed by atoms with Gasteiger partial charge in [-0.25, -0.2) is 9.78 Å². The first-order valence-electron chi connectivity index (χ1n) is 11.0. The van der Waals surface area contributed by atoms with Crippen molar-refractivity contribution < 1.29 is 33.4 Å². The number of nitrogens with one attached hydrogen (secondary N) is 2. The molecule has 3 heterocycles. The molecule has 2 aliphatic heterocycles. The van der Waals surface area contributed by atoms with Crippen LogP contribution in [0.25, 0.3) is 0 Å². The van der Waals surface area contributed by atoms with Gasteiger partial charge in [-0.3, -0.25) is 9.59 Å². The van der Waals surface area contributed by atoms with Gasteiger partial charge in [-0.2, -0.15) is 0 Å². The zero-order valence-corrected chi connectivity index (χ0v) is 19.9. The lowest BCUT2D eigenvalue weighted by molar-refractivity contribution is -0.149. The summed E-state index contributed by atoms with van der Waals surface area (Å²) in [5, 5.41) is 15.8. The van der Waals surface area contributed by atoms with Crippen molar-refractivity contribution in [1.29, 1.82) is 0 Å². The molecule has 0 radical (unpaired) electrons. The summed E-state index contributed by atoms with van der Waals surface area (Å²) in [6, 6.07) is -0.988. The maximum absolute atomic E-state index is 12.7. The van der Waals surface area contributed by atoms with Crippen LogP contribution in [0.1, 0.15) is 36.1 Å². The maximum atomic E-state index is 12.7. The van der Waals surface area contributed by atoms with Gasteiger partial charge in [0.2, 0.25) is 0 Å². The molecule has 1 aromatic rings. The summed E-state index contributed by atoms with van der Waals surface area (Å²) in [6.45, 7) is 2.02. The third-order valence-corrected chi connectivity index (χ3v) is 6.29. The van der Waals surface area contributed by atoms with Crippen LogP contribution in [0, 0.1) is 0 Å². The van der Waals surface area contributed by atoms with E-state index in [0.717, 1.165) is 0 Å². The summed E-state index contributed by atoms with van der Waals surface area (Å²) >= 11 is 1.17. The van der Waals surface area contributed by atoms with Crippen molar-refractivity contribution in [1.82, 2.24) is 15.6 Å². The molecular formula is C23H29N3O7S. The number of oxazole rings is 1. The molecule has 2 aliphatic rings. The van der Waals surface area contributed by atoms with Gasteiger partial charge in [-0.1, -0.05) is 30.4 Å². The minimum atomic E-state index is -0.988. The lowest BCUT2D eigenvalue weighted by Crippen LogP contribution is -2.44. The van der Waals surface area contributed by atoms with E-state index in [1.807, 2.05) is 0 Å². The number of aliphatic hydroxyl groups is 1. The van der Waals surface area contributed by atoms with E-state index in [1.165, 1.54) is 25.1 Å². The first kappa shape index (κ1) is 25.7. The fourth-order valence-corrected chi connectivity index (χ4v) is 4.26. The van der Waals surface area contributed by atoms with Crippen LogP contribution in [0.2, 0.25) is 0 Å². The Morgan fingerprint density at radius 2 is 2.06 bits per heavy atom. The third-order valence-electron chi connectivity index (χ3n) is 5.13. The number of nitrogens with zero attached hydrogens (tertiary/aromatic N) is 1. The minimum absolute atomic E-state index is 0.0239. The zero-order chi connectivity index (χ0) is 24.5. The fraction of sp³-hybridized carbons (Fsp3) is 0.478. The summed E-state index contributed by atoms with van der Waals surface area (Å²) < 4.78 is 16.1. The Morgan fingerprint density at radius 3 is 2.85 bits per heavy atom. The van der Waals surface area contributed by atoms with Crippen LogP contribution in [0.4, 0.5) is 0 Å². The minimum Gasteiger partial charge on any atom is -0.461 e. The third kappa shape index (κ3) is 7.57. The number of carbonyl (C=O) groups is 3. The monoisotopic (exact) mass is 491 g/mol. The van der Waals surface area contributed by atoms with E-state index in [-0.39, 0.29) is 35.8 Å². The summed E-state index contributed by atoms with van der Waals surface area (Å²) in [5.41, 5.74) is -0.0239. The highest BCUT2D eigenvalue weighted by Gasteiger charge is 2.28. The predicted octanol–water partition coefficient (Wildman–Crippen LogP) is 1.28. The number of ether oxygens (including phenoxy) is 2.